The summed E-state index contributed by atoms with van der Waals surface area (Å²) >= 11 is 0. The van der Waals surface area contributed by atoms with Crippen molar-refractivity contribution in [3.05, 3.63) is 36.4 Å². The number of anilines is 4. The number of nitrogens with two attached hydrogens (primary N) is 4. The second kappa shape index (κ2) is 11.9. The number of rotatable bonds is 4. The molecule has 6 nitrogen and oxygen atoms in total. The van der Waals surface area contributed by atoms with Gasteiger partial charge in [0.25, 0.3) is 0 Å². The molecular formula is C13H20Cl4N4O2. The molecule has 0 radical (unpaired) electrons. The minimum absolute atomic E-state index is 0. The third-order valence-electron chi connectivity index (χ3n) is 2.50. The van der Waals surface area contributed by atoms with Crippen molar-refractivity contribution in [3.8, 4) is 11.5 Å². The van der Waals surface area contributed by atoms with Crippen LogP contribution in [0, 0.1) is 0 Å². The van der Waals surface area contributed by atoms with Gasteiger partial charge in [-0.05, 0) is 24.3 Å². The van der Waals surface area contributed by atoms with Crippen LogP contribution in [0.1, 0.15) is 0 Å². The lowest BCUT2D eigenvalue weighted by molar-refractivity contribution is 0.121. The Morgan fingerprint density at radius 1 is 0.609 bits per heavy atom. The summed E-state index contributed by atoms with van der Waals surface area (Å²) in [5.74, 6) is 0.921. The molecule has 0 aliphatic carbocycles. The van der Waals surface area contributed by atoms with Crippen LogP contribution in [-0.2, 0) is 0 Å². The predicted octanol–water partition coefficient (Wildman–Crippen LogP) is 3.12. The van der Waals surface area contributed by atoms with Gasteiger partial charge < -0.3 is 32.4 Å². The van der Waals surface area contributed by atoms with Crippen LogP contribution in [0.25, 0.3) is 0 Å². The normalized spacial score (nSPS) is 8.35. The van der Waals surface area contributed by atoms with Gasteiger partial charge >= 0.3 is 0 Å². The minimum Gasteiger partial charge on any atom is -0.455 e. The van der Waals surface area contributed by atoms with E-state index in [9.17, 15) is 0 Å². The lowest BCUT2D eigenvalue weighted by atomic mass is 10.2. The monoisotopic (exact) mass is 404 g/mol. The van der Waals surface area contributed by atoms with Crippen LogP contribution in [0.15, 0.2) is 36.4 Å². The Balaban J connectivity index is -0.000001000. The second-order valence-corrected chi connectivity index (χ2v) is 4.00. The summed E-state index contributed by atoms with van der Waals surface area (Å²) in [6.45, 7) is -0.0404. The van der Waals surface area contributed by atoms with Crippen LogP contribution in [0.5, 0.6) is 11.5 Å². The molecule has 0 unspecified atom stereocenters. The molecule has 2 aromatic carbocycles. The summed E-state index contributed by atoms with van der Waals surface area (Å²) in [5.41, 5.74) is 24.9. The number of ether oxygens (including phenoxy) is 2. The van der Waals surface area contributed by atoms with Crippen LogP contribution >= 0.6 is 49.6 Å². The van der Waals surface area contributed by atoms with Gasteiger partial charge in [-0.3, -0.25) is 0 Å². The van der Waals surface area contributed by atoms with Crippen LogP contribution in [0.3, 0.4) is 0 Å². The van der Waals surface area contributed by atoms with Gasteiger partial charge in [0.2, 0.25) is 6.79 Å². The van der Waals surface area contributed by atoms with Crippen molar-refractivity contribution >= 4 is 72.4 Å². The van der Waals surface area contributed by atoms with E-state index in [-0.39, 0.29) is 56.4 Å². The van der Waals surface area contributed by atoms with Crippen LogP contribution in [-0.4, -0.2) is 6.79 Å². The number of hydrogen-bond donors (Lipinski definition) is 4. The van der Waals surface area contributed by atoms with E-state index < -0.39 is 0 Å². The number of nitrogen functional groups attached to an aromatic ring is 4. The summed E-state index contributed by atoms with van der Waals surface area (Å²) < 4.78 is 10.8. The van der Waals surface area contributed by atoms with Gasteiger partial charge in [-0.2, -0.15) is 0 Å². The van der Waals surface area contributed by atoms with E-state index in [4.69, 9.17) is 32.4 Å². The Kier molecular flexibility index (Phi) is 13.6. The Hall–Kier alpha value is -1.60. The second-order valence-electron chi connectivity index (χ2n) is 4.00. The predicted molar refractivity (Wildman–Crippen MR) is 106 cm³/mol. The molecule has 0 amide bonds. The fourth-order valence-corrected chi connectivity index (χ4v) is 1.51. The number of halogens is 4. The van der Waals surface area contributed by atoms with E-state index in [1.807, 2.05) is 0 Å². The van der Waals surface area contributed by atoms with Crippen molar-refractivity contribution in [3.63, 3.8) is 0 Å². The molecule has 0 saturated heterocycles. The van der Waals surface area contributed by atoms with Gasteiger partial charge in [-0.25, -0.2) is 0 Å². The molecule has 0 bridgehead atoms. The van der Waals surface area contributed by atoms with E-state index in [1.54, 1.807) is 36.4 Å². The molecule has 0 aromatic heterocycles. The Morgan fingerprint density at radius 3 is 1.30 bits per heavy atom. The van der Waals surface area contributed by atoms with E-state index in [0.717, 1.165) is 0 Å². The van der Waals surface area contributed by atoms with Crippen molar-refractivity contribution < 1.29 is 9.47 Å². The first-order valence-electron chi connectivity index (χ1n) is 5.62. The van der Waals surface area contributed by atoms with Crippen LogP contribution in [0.4, 0.5) is 22.7 Å². The van der Waals surface area contributed by atoms with E-state index in [0.29, 0.717) is 34.2 Å². The first-order chi connectivity index (χ1) is 9.06. The number of benzene rings is 2. The molecule has 2 rings (SSSR count). The lowest BCUT2D eigenvalue weighted by Gasteiger charge is -2.12. The van der Waals surface area contributed by atoms with Crippen LogP contribution in [0.2, 0.25) is 0 Å². The zero-order chi connectivity index (χ0) is 13.8. The molecule has 0 heterocycles. The van der Waals surface area contributed by atoms with Gasteiger partial charge in [0.15, 0.2) is 0 Å². The molecule has 8 N–H and O–H groups in total. The zero-order valence-corrected chi connectivity index (χ0v) is 15.2. The maximum atomic E-state index is 5.74. The highest BCUT2D eigenvalue weighted by Gasteiger charge is 2.04. The van der Waals surface area contributed by atoms with Crippen molar-refractivity contribution in [2.24, 2.45) is 0 Å². The highest BCUT2D eigenvalue weighted by molar-refractivity contribution is 5.86. The molecule has 0 spiro atoms. The molecule has 23 heavy (non-hydrogen) atoms. The maximum absolute atomic E-state index is 5.74. The largest absolute Gasteiger partial charge is 0.455 e. The molecule has 10 heteroatoms. The summed E-state index contributed by atoms with van der Waals surface area (Å²) in [5, 5.41) is 0. The zero-order valence-electron chi connectivity index (χ0n) is 11.9. The molecule has 0 fully saturated rings. The average Bonchev–Trinajstić information content (AvgIpc) is 2.38. The average molecular weight is 406 g/mol. The minimum atomic E-state index is -0.0404. The van der Waals surface area contributed by atoms with E-state index >= 15 is 0 Å². The Labute approximate surface area is 159 Å². The molecule has 0 saturated carbocycles. The molecule has 2 aromatic rings. The first-order valence-corrected chi connectivity index (χ1v) is 5.62. The first kappa shape index (κ1) is 26.3. The molecule has 0 atom stereocenters. The van der Waals surface area contributed by atoms with Crippen molar-refractivity contribution in [2.75, 3.05) is 29.7 Å². The maximum Gasteiger partial charge on any atom is 0.231 e. The standard InChI is InChI=1S/C13H16N4O2.4ClH/c14-8-1-3-10(16)12(5-8)18-7-19-13-6-9(15)2-4-11(13)17;;;;/h1-6H,7,14-17H2;4*1H. The topological polar surface area (TPSA) is 123 Å². The van der Waals surface area contributed by atoms with Gasteiger partial charge in [-0.1, -0.05) is 0 Å². The van der Waals surface area contributed by atoms with Gasteiger partial charge in [0.1, 0.15) is 11.5 Å². The number of hydrogen-bond acceptors (Lipinski definition) is 6. The summed E-state index contributed by atoms with van der Waals surface area (Å²) in [4.78, 5) is 0. The molecule has 132 valence electrons. The SMILES string of the molecule is Cl.Cl.Cl.Cl.Nc1ccc(N)c(OCOc2cc(N)ccc2N)c1. The third-order valence-corrected chi connectivity index (χ3v) is 2.50. The summed E-state index contributed by atoms with van der Waals surface area (Å²) in [6, 6.07) is 9.97. The Bertz CT molecular complexity index is 551. The fourth-order valence-electron chi connectivity index (χ4n) is 1.51. The van der Waals surface area contributed by atoms with Crippen molar-refractivity contribution in [1.82, 2.24) is 0 Å². The van der Waals surface area contributed by atoms with Gasteiger partial charge in [0.05, 0.1) is 11.4 Å². The van der Waals surface area contributed by atoms with E-state index in [2.05, 4.69) is 0 Å². The van der Waals surface area contributed by atoms with Gasteiger partial charge in [0, 0.05) is 23.5 Å². The summed E-state index contributed by atoms with van der Waals surface area (Å²) in [6.07, 6.45) is 0. The molecular weight excluding hydrogens is 386 g/mol. The van der Waals surface area contributed by atoms with Crippen molar-refractivity contribution in [1.29, 1.82) is 0 Å². The molecule has 0 aliphatic heterocycles. The smallest absolute Gasteiger partial charge is 0.231 e. The lowest BCUT2D eigenvalue weighted by Crippen LogP contribution is -2.09. The third kappa shape index (κ3) is 7.47. The molecule has 0 aliphatic rings. The quantitative estimate of drug-likeness (QED) is 0.457. The van der Waals surface area contributed by atoms with E-state index in [1.165, 1.54) is 0 Å². The Morgan fingerprint density at radius 2 is 0.957 bits per heavy atom. The highest BCUT2D eigenvalue weighted by Crippen LogP contribution is 2.26. The van der Waals surface area contributed by atoms with Crippen LogP contribution < -0.4 is 32.4 Å². The van der Waals surface area contributed by atoms with Crippen molar-refractivity contribution in [2.45, 2.75) is 0 Å². The highest BCUT2D eigenvalue weighted by atomic mass is 35.5. The van der Waals surface area contributed by atoms with Gasteiger partial charge in [-0.15, -0.1) is 49.6 Å². The summed E-state index contributed by atoms with van der Waals surface area (Å²) in [7, 11) is 0. The fraction of sp³-hybridized carbons (Fsp3) is 0.0769.